The molecule has 3 aliphatic carbocycles. The topological polar surface area (TPSA) is 49.7 Å². The standard InChI is InChI=1S/C21H30O3/c1-3-10-24-18-12-19(23)21(2)9-8-16-15-7-5-14(22)11-13(15)4-6-17(16)20(18)21/h5,7,11,16-20,22-23H,3-4,6,8-10,12H2,1-2H3/t16-,17-,18?,19?,20-,21-/m1/s1. The molecule has 3 aliphatic rings. The number of rotatable bonds is 3. The van der Waals surface area contributed by atoms with Crippen molar-refractivity contribution in [1.29, 1.82) is 0 Å². The van der Waals surface area contributed by atoms with Crippen molar-refractivity contribution >= 4 is 0 Å². The van der Waals surface area contributed by atoms with Crippen LogP contribution in [-0.4, -0.2) is 29.0 Å². The number of phenolic OH excluding ortho intramolecular Hbond substituents is 1. The van der Waals surface area contributed by atoms with Crippen LogP contribution in [0.25, 0.3) is 0 Å². The highest BCUT2D eigenvalue weighted by Gasteiger charge is 2.59. The lowest BCUT2D eigenvalue weighted by Crippen LogP contribution is -2.46. The van der Waals surface area contributed by atoms with Crippen LogP contribution in [0.2, 0.25) is 0 Å². The fraction of sp³-hybridized carbons (Fsp3) is 0.714. The maximum absolute atomic E-state index is 10.8. The first kappa shape index (κ1) is 16.4. The summed E-state index contributed by atoms with van der Waals surface area (Å²) in [6, 6.07) is 5.93. The number of fused-ring (bicyclic) bond motifs is 5. The summed E-state index contributed by atoms with van der Waals surface area (Å²) in [4.78, 5) is 0. The van der Waals surface area contributed by atoms with Crippen LogP contribution in [-0.2, 0) is 11.2 Å². The van der Waals surface area contributed by atoms with Gasteiger partial charge in [-0.2, -0.15) is 0 Å². The highest BCUT2D eigenvalue weighted by molar-refractivity contribution is 5.40. The van der Waals surface area contributed by atoms with Crippen molar-refractivity contribution < 1.29 is 14.9 Å². The second kappa shape index (κ2) is 6.03. The van der Waals surface area contributed by atoms with E-state index in [4.69, 9.17) is 4.74 Å². The molecule has 6 atom stereocenters. The van der Waals surface area contributed by atoms with Crippen molar-refractivity contribution in [2.45, 2.75) is 70.5 Å². The third-order valence-corrected chi connectivity index (χ3v) is 7.16. The molecule has 3 nitrogen and oxygen atoms in total. The summed E-state index contributed by atoms with van der Waals surface area (Å²) in [5.41, 5.74) is 2.76. The minimum Gasteiger partial charge on any atom is -0.508 e. The summed E-state index contributed by atoms with van der Waals surface area (Å²) in [6.07, 6.45) is 6.22. The molecule has 2 unspecified atom stereocenters. The van der Waals surface area contributed by atoms with E-state index >= 15 is 0 Å². The Balaban J connectivity index is 1.67. The Hall–Kier alpha value is -1.06. The molecule has 0 aromatic heterocycles. The number of benzene rings is 1. The normalized spacial score (nSPS) is 40.7. The molecule has 0 aliphatic heterocycles. The first-order valence-corrected chi connectivity index (χ1v) is 9.66. The van der Waals surface area contributed by atoms with Gasteiger partial charge in [0.15, 0.2) is 0 Å². The third kappa shape index (κ3) is 2.40. The van der Waals surface area contributed by atoms with Gasteiger partial charge in [0.05, 0.1) is 12.2 Å². The number of aliphatic hydroxyl groups excluding tert-OH is 1. The van der Waals surface area contributed by atoms with Crippen LogP contribution < -0.4 is 0 Å². The highest BCUT2D eigenvalue weighted by atomic mass is 16.5. The third-order valence-electron chi connectivity index (χ3n) is 7.16. The first-order valence-electron chi connectivity index (χ1n) is 9.66. The average Bonchev–Trinajstić information content (AvgIpc) is 2.83. The molecule has 1 aromatic rings. The molecule has 3 heteroatoms. The molecule has 0 spiro atoms. The Morgan fingerprint density at radius 1 is 1.29 bits per heavy atom. The van der Waals surface area contributed by atoms with Gasteiger partial charge in [0.2, 0.25) is 0 Å². The largest absolute Gasteiger partial charge is 0.508 e. The molecule has 0 amide bonds. The first-order chi connectivity index (χ1) is 11.5. The lowest BCUT2D eigenvalue weighted by atomic mass is 9.55. The van der Waals surface area contributed by atoms with Gasteiger partial charge in [0, 0.05) is 13.0 Å². The van der Waals surface area contributed by atoms with Crippen LogP contribution in [0, 0.1) is 17.3 Å². The summed E-state index contributed by atoms with van der Waals surface area (Å²) in [6.45, 7) is 5.24. The SMILES string of the molecule is CCCOC1CC(O)[C@@]2(C)CC[C@@H]3c4ccc(O)cc4CC[C@H]3[C@H]12. The lowest BCUT2D eigenvalue weighted by Gasteiger charge is -2.51. The van der Waals surface area contributed by atoms with Crippen molar-refractivity contribution in [2.75, 3.05) is 6.61 Å². The second-order valence-corrected chi connectivity index (χ2v) is 8.42. The van der Waals surface area contributed by atoms with Crippen molar-refractivity contribution in [3.05, 3.63) is 29.3 Å². The molecule has 0 saturated heterocycles. The molecule has 2 saturated carbocycles. The van der Waals surface area contributed by atoms with Gasteiger partial charge in [0.1, 0.15) is 5.75 Å². The zero-order valence-corrected chi connectivity index (χ0v) is 14.9. The Morgan fingerprint density at radius 2 is 2.12 bits per heavy atom. The van der Waals surface area contributed by atoms with Gasteiger partial charge in [0.25, 0.3) is 0 Å². The predicted octanol–water partition coefficient (Wildman–Crippen LogP) is 4.01. The number of hydrogen-bond donors (Lipinski definition) is 2. The summed E-state index contributed by atoms with van der Waals surface area (Å²) < 4.78 is 6.21. The zero-order valence-electron chi connectivity index (χ0n) is 14.9. The van der Waals surface area contributed by atoms with E-state index in [1.54, 1.807) is 0 Å². The number of ether oxygens (including phenoxy) is 1. The maximum Gasteiger partial charge on any atom is 0.115 e. The predicted molar refractivity (Wildman–Crippen MR) is 94.1 cm³/mol. The van der Waals surface area contributed by atoms with Crippen LogP contribution in [0.4, 0.5) is 0 Å². The quantitative estimate of drug-likeness (QED) is 0.880. The van der Waals surface area contributed by atoms with E-state index in [9.17, 15) is 10.2 Å². The van der Waals surface area contributed by atoms with Gasteiger partial charge in [-0.25, -0.2) is 0 Å². The van der Waals surface area contributed by atoms with Gasteiger partial charge in [-0.3, -0.25) is 0 Å². The van der Waals surface area contributed by atoms with Crippen LogP contribution in [0.15, 0.2) is 18.2 Å². The van der Waals surface area contributed by atoms with E-state index in [2.05, 4.69) is 19.9 Å². The molecule has 2 N–H and O–H groups in total. The Labute approximate surface area is 145 Å². The van der Waals surface area contributed by atoms with Crippen LogP contribution in [0.1, 0.15) is 63.0 Å². The number of phenols is 1. The summed E-state index contributed by atoms with van der Waals surface area (Å²) in [7, 11) is 0. The van der Waals surface area contributed by atoms with E-state index in [1.807, 2.05) is 12.1 Å². The average molecular weight is 330 g/mol. The van der Waals surface area contributed by atoms with Crippen LogP contribution in [0.5, 0.6) is 5.75 Å². The Bertz CT molecular complexity index is 613. The van der Waals surface area contributed by atoms with Gasteiger partial charge in [-0.15, -0.1) is 0 Å². The fourth-order valence-corrected chi connectivity index (χ4v) is 6.01. The monoisotopic (exact) mass is 330 g/mol. The molecule has 0 radical (unpaired) electrons. The molecule has 0 bridgehead atoms. The van der Waals surface area contributed by atoms with Gasteiger partial charge < -0.3 is 14.9 Å². The van der Waals surface area contributed by atoms with Crippen molar-refractivity contribution in [3.8, 4) is 5.75 Å². The molecule has 4 rings (SSSR count). The minimum absolute atomic E-state index is 0.00793. The fourth-order valence-electron chi connectivity index (χ4n) is 6.01. The Kier molecular flexibility index (Phi) is 4.12. The second-order valence-electron chi connectivity index (χ2n) is 8.42. The molecular weight excluding hydrogens is 300 g/mol. The smallest absolute Gasteiger partial charge is 0.115 e. The van der Waals surface area contributed by atoms with Gasteiger partial charge in [-0.05, 0) is 78.5 Å². The number of aliphatic hydroxyl groups is 1. The minimum atomic E-state index is -0.230. The van der Waals surface area contributed by atoms with Gasteiger partial charge >= 0.3 is 0 Å². The van der Waals surface area contributed by atoms with Crippen LogP contribution in [0.3, 0.4) is 0 Å². The molecule has 2 fully saturated rings. The van der Waals surface area contributed by atoms with Crippen molar-refractivity contribution in [1.82, 2.24) is 0 Å². The number of aryl methyl sites for hydroxylation is 1. The highest BCUT2D eigenvalue weighted by Crippen LogP contribution is 2.61. The molecule has 1 aromatic carbocycles. The molecular formula is C21H30O3. The van der Waals surface area contributed by atoms with Gasteiger partial charge in [-0.1, -0.05) is 19.9 Å². The van der Waals surface area contributed by atoms with E-state index in [-0.39, 0.29) is 17.6 Å². The van der Waals surface area contributed by atoms with E-state index in [0.717, 1.165) is 45.1 Å². The lowest BCUT2D eigenvalue weighted by molar-refractivity contribution is -0.0635. The molecule has 0 heterocycles. The number of aromatic hydroxyl groups is 1. The van der Waals surface area contributed by atoms with Crippen molar-refractivity contribution in [3.63, 3.8) is 0 Å². The molecule has 24 heavy (non-hydrogen) atoms. The summed E-state index contributed by atoms with van der Waals surface area (Å²) in [5, 5.41) is 20.6. The maximum atomic E-state index is 10.8. The van der Waals surface area contributed by atoms with E-state index in [0.29, 0.717) is 23.5 Å². The molecule has 132 valence electrons. The Morgan fingerprint density at radius 3 is 2.92 bits per heavy atom. The van der Waals surface area contributed by atoms with Crippen LogP contribution >= 0.6 is 0 Å². The summed E-state index contributed by atoms with van der Waals surface area (Å²) >= 11 is 0. The summed E-state index contributed by atoms with van der Waals surface area (Å²) in [5.74, 6) is 2.00. The van der Waals surface area contributed by atoms with E-state index in [1.165, 1.54) is 11.1 Å². The van der Waals surface area contributed by atoms with E-state index < -0.39 is 0 Å². The van der Waals surface area contributed by atoms with Crippen molar-refractivity contribution in [2.24, 2.45) is 17.3 Å². The number of hydrogen-bond acceptors (Lipinski definition) is 3. The zero-order chi connectivity index (χ0) is 16.9.